The van der Waals surface area contributed by atoms with Crippen molar-refractivity contribution >= 4 is 0 Å². The summed E-state index contributed by atoms with van der Waals surface area (Å²) in [5.74, 6) is 1.40. The van der Waals surface area contributed by atoms with Crippen molar-refractivity contribution in [2.24, 2.45) is 0 Å². The number of hydrogen-bond donors (Lipinski definition) is 2. The van der Waals surface area contributed by atoms with E-state index < -0.39 is 0 Å². The van der Waals surface area contributed by atoms with E-state index >= 15 is 0 Å². The van der Waals surface area contributed by atoms with Crippen LogP contribution in [0.4, 0.5) is 0 Å². The Balaban J connectivity index is 2.03. The van der Waals surface area contributed by atoms with E-state index in [9.17, 15) is 5.11 Å². The number of rotatable bonds is 4. The van der Waals surface area contributed by atoms with Gasteiger partial charge in [-0.25, -0.2) is 0 Å². The molecule has 2 aromatic rings. The van der Waals surface area contributed by atoms with Gasteiger partial charge in [-0.1, -0.05) is 25.9 Å². The second-order valence-corrected chi connectivity index (χ2v) is 6.23. The first kappa shape index (κ1) is 15.4. The first-order chi connectivity index (χ1) is 9.77. The monoisotopic (exact) mass is 290 g/mol. The summed E-state index contributed by atoms with van der Waals surface area (Å²) in [5, 5.41) is 17.0. The maximum absolute atomic E-state index is 9.78. The Morgan fingerprint density at radius 2 is 2.00 bits per heavy atom. The molecule has 6 heteroatoms. The molecule has 0 bridgehead atoms. The lowest BCUT2D eigenvalue weighted by Gasteiger charge is -2.12. The topological polar surface area (TPSA) is 84.1 Å². The SMILES string of the molecule is Cc1ccc(O)c(CNC(C)c2nc(C(C)(C)C)no2)n1. The van der Waals surface area contributed by atoms with Crippen LogP contribution in [0.5, 0.6) is 5.75 Å². The lowest BCUT2D eigenvalue weighted by Crippen LogP contribution is -2.20. The minimum atomic E-state index is -0.141. The smallest absolute Gasteiger partial charge is 0.243 e. The average Bonchev–Trinajstić information content (AvgIpc) is 2.89. The maximum Gasteiger partial charge on any atom is 0.243 e. The highest BCUT2D eigenvalue weighted by Crippen LogP contribution is 2.21. The number of nitrogens with zero attached hydrogens (tertiary/aromatic N) is 3. The molecule has 0 amide bonds. The predicted octanol–water partition coefficient (Wildman–Crippen LogP) is 2.63. The van der Waals surface area contributed by atoms with Crippen LogP contribution >= 0.6 is 0 Å². The van der Waals surface area contributed by atoms with Crippen molar-refractivity contribution in [3.8, 4) is 5.75 Å². The highest BCUT2D eigenvalue weighted by Gasteiger charge is 2.23. The van der Waals surface area contributed by atoms with E-state index in [1.165, 1.54) is 0 Å². The summed E-state index contributed by atoms with van der Waals surface area (Å²) in [6.45, 7) is 10.4. The van der Waals surface area contributed by atoms with Gasteiger partial charge in [-0.05, 0) is 26.0 Å². The molecule has 0 aliphatic carbocycles. The number of nitrogens with one attached hydrogen (secondary N) is 1. The molecule has 2 heterocycles. The first-order valence-electron chi connectivity index (χ1n) is 7.00. The Hall–Kier alpha value is -1.95. The molecule has 0 saturated heterocycles. The summed E-state index contributed by atoms with van der Waals surface area (Å²) >= 11 is 0. The number of hydrogen-bond acceptors (Lipinski definition) is 6. The van der Waals surface area contributed by atoms with Crippen molar-refractivity contribution < 1.29 is 9.63 Å². The van der Waals surface area contributed by atoms with Crippen LogP contribution in [-0.4, -0.2) is 20.2 Å². The number of aromatic nitrogens is 3. The van der Waals surface area contributed by atoms with Crippen LogP contribution in [0.3, 0.4) is 0 Å². The molecule has 0 fully saturated rings. The van der Waals surface area contributed by atoms with E-state index in [4.69, 9.17) is 4.52 Å². The largest absolute Gasteiger partial charge is 0.506 e. The third kappa shape index (κ3) is 3.78. The first-order valence-corrected chi connectivity index (χ1v) is 7.00. The van der Waals surface area contributed by atoms with Gasteiger partial charge in [0.1, 0.15) is 5.75 Å². The van der Waals surface area contributed by atoms with Crippen LogP contribution in [0.2, 0.25) is 0 Å². The van der Waals surface area contributed by atoms with Crippen LogP contribution < -0.4 is 5.32 Å². The highest BCUT2D eigenvalue weighted by atomic mass is 16.5. The number of pyridine rings is 1. The lowest BCUT2D eigenvalue weighted by atomic mass is 9.96. The highest BCUT2D eigenvalue weighted by molar-refractivity contribution is 5.27. The quantitative estimate of drug-likeness (QED) is 0.900. The molecule has 1 atom stereocenters. The number of aromatic hydroxyl groups is 1. The van der Waals surface area contributed by atoms with Gasteiger partial charge in [-0.15, -0.1) is 0 Å². The fourth-order valence-corrected chi connectivity index (χ4v) is 1.79. The Bertz CT molecular complexity index is 616. The zero-order valence-electron chi connectivity index (χ0n) is 13.1. The molecule has 114 valence electrons. The molecule has 2 N–H and O–H groups in total. The normalized spacial score (nSPS) is 13.4. The number of aryl methyl sites for hydroxylation is 1. The van der Waals surface area contributed by atoms with Gasteiger partial charge < -0.3 is 14.9 Å². The third-order valence-electron chi connectivity index (χ3n) is 3.15. The second kappa shape index (κ2) is 5.81. The summed E-state index contributed by atoms with van der Waals surface area (Å²) in [6, 6.07) is 3.31. The Kier molecular flexibility index (Phi) is 4.27. The van der Waals surface area contributed by atoms with Crippen LogP contribution in [0.1, 0.15) is 56.8 Å². The van der Waals surface area contributed by atoms with Gasteiger partial charge in [0.15, 0.2) is 5.82 Å². The van der Waals surface area contributed by atoms with Crippen molar-refractivity contribution in [3.05, 3.63) is 35.2 Å². The molecule has 6 nitrogen and oxygen atoms in total. The van der Waals surface area contributed by atoms with Gasteiger partial charge >= 0.3 is 0 Å². The Labute approximate surface area is 124 Å². The van der Waals surface area contributed by atoms with Gasteiger partial charge in [0.2, 0.25) is 5.89 Å². The molecule has 0 aliphatic heterocycles. The van der Waals surface area contributed by atoms with E-state index in [1.54, 1.807) is 12.1 Å². The minimum Gasteiger partial charge on any atom is -0.506 e. The fourth-order valence-electron chi connectivity index (χ4n) is 1.79. The summed E-state index contributed by atoms with van der Waals surface area (Å²) in [6.07, 6.45) is 0. The standard InChI is InChI=1S/C15H22N4O2/c1-9-6-7-12(20)11(17-9)8-16-10(2)13-18-14(19-21-13)15(3,4)5/h6-7,10,16,20H,8H2,1-5H3. The van der Waals surface area contributed by atoms with Crippen molar-refractivity contribution in [3.63, 3.8) is 0 Å². The molecule has 2 rings (SSSR count). The Morgan fingerprint density at radius 3 is 2.62 bits per heavy atom. The summed E-state index contributed by atoms with van der Waals surface area (Å²) < 4.78 is 5.29. The predicted molar refractivity (Wildman–Crippen MR) is 78.9 cm³/mol. The van der Waals surface area contributed by atoms with Crippen LogP contribution in [0.15, 0.2) is 16.7 Å². The molecule has 0 spiro atoms. The maximum atomic E-state index is 9.78. The van der Waals surface area contributed by atoms with Crippen LogP contribution in [0, 0.1) is 6.92 Å². The molecule has 21 heavy (non-hydrogen) atoms. The third-order valence-corrected chi connectivity index (χ3v) is 3.15. The van der Waals surface area contributed by atoms with E-state index in [-0.39, 0.29) is 17.2 Å². The molecule has 2 aromatic heterocycles. The average molecular weight is 290 g/mol. The second-order valence-electron chi connectivity index (χ2n) is 6.23. The minimum absolute atomic E-state index is 0.115. The van der Waals surface area contributed by atoms with Crippen molar-refractivity contribution in [2.75, 3.05) is 0 Å². The zero-order valence-corrected chi connectivity index (χ0v) is 13.1. The molecule has 0 saturated carbocycles. The molecular formula is C15H22N4O2. The van der Waals surface area contributed by atoms with E-state index in [1.807, 2.05) is 34.6 Å². The summed E-state index contributed by atoms with van der Waals surface area (Å²) in [7, 11) is 0. The van der Waals surface area contributed by atoms with Gasteiger partial charge in [-0.3, -0.25) is 4.98 Å². The Morgan fingerprint density at radius 1 is 1.29 bits per heavy atom. The van der Waals surface area contributed by atoms with Crippen molar-refractivity contribution in [1.29, 1.82) is 0 Å². The van der Waals surface area contributed by atoms with E-state index in [2.05, 4.69) is 20.4 Å². The summed E-state index contributed by atoms with van der Waals surface area (Å²) in [4.78, 5) is 8.71. The fraction of sp³-hybridized carbons (Fsp3) is 0.533. The van der Waals surface area contributed by atoms with Gasteiger partial charge in [0, 0.05) is 17.7 Å². The van der Waals surface area contributed by atoms with E-state index in [0.717, 1.165) is 5.69 Å². The molecular weight excluding hydrogens is 268 g/mol. The van der Waals surface area contributed by atoms with Crippen molar-refractivity contribution in [2.45, 2.75) is 52.6 Å². The van der Waals surface area contributed by atoms with Gasteiger partial charge in [0.25, 0.3) is 0 Å². The van der Waals surface area contributed by atoms with E-state index in [0.29, 0.717) is 24.0 Å². The van der Waals surface area contributed by atoms with Gasteiger partial charge in [0.05, 0.1) is 11.7 Å². The summed E-state index contributed by atoms with van der Waals surface area (Å²) in [5.41, 5.74) is 1.33. The van der Waals surface area contributed by atoms with Crippen LogP contribution in [-0.2, 0) is 12.0 Å². The zero-order chi connectivity index (χ0) is 15.6. The molecule has 0 radical (unpaired) electrons. The van der Waals surface area contributed by atoms with Gasteiger partial charge in [-0.2, -0.15) is 4.98 Å². The van der Waals surface area contributed by atoms with Crippen LogP contribution in [0.25, 0.3) is 0 Å². The molecule has 0 aliphatic rings. The molecule has 0 aromatic carbocycles. The van der Waals surface area contributed by atoms with Crippen molar-refractivity contribution in [1.82, 2.24) is 20.4 Å². The lowest BCUT2D eigenvalue weighted by molar-refractivity contribution is 0.329. The molecule has 1 unspecified atom stereocenters.